The highest BCUT2D eigenvalue weighted by atomic mass is 16.5. The van der Waals surface area contributed by atoms with E-state index in [1.807, 2.05) is 13.8 Å². The van der Waals surface area contributed by atoms with Gasteiger partial charge in [0.2, 0.25) is 5.91 Å². The second kappa shape index (κ2) is 9.32. The fourth-order valence-corrected chi connectivity index (χ4v) is 2.31. The van der Waals surface area contributed by atoms with Crippen molar-refractivity contribution >= 4 is 5.91 Å². The van der Waals surface area contributed by atoms with Gasteiger partial charge in [0.1, 0.15) is 0 Å². The monoisotopic (exact) mass is 285 g/mol. The Kier molecular flexibility index (Phi) is 8.11. The minimum Gasteiger partial charge on any atom is -0.381 e. The number of nitrogens with zero attached hydrogens (tertiary/aromatic N) is 1. The highest BCUT2D eigenvalue weighted by Gasteiger charge is 2.34. The Morgan fingerprint density at radius 2 is 1.90 bits per heavy atom. The third-order valence-electron chi connectivity index (χ3n) is 3.86. The van der Waals surface area contributed by atoms with Crippen LogP contribution in [0.4, 0.5) is 0 Å². The van der Waals surface area contributed by atoms with E-state index >= 15 is 0 Å². The van der Waals surface area contributed by atoms with Crippen LogP contribution in [0.3, 0.4) is 0 Å². The lowest BCUT2D eigenvalue weighted by molar-refractivity contribution is -0.132. The highest BCUT2D eigenvalue weighted by molar-refractivity contribution is 5.85. The molecular formula is C15H31N3O2. The van der Waals surface area contributed by atoms with Crippen LogP contribution in [0.5, 0.6) is 0 Å². The van der Waals surface area contributed by atoms with Crippen molar-refractivity contribution in [1.82, 2.24) is 15.5 Å². The van der Waals surface area contributed by atoms with Crippen LogP contribution in [0.2, 0.25) is 0 Å². The van der Waals surface area contributed by atoms with E-state index in [1.54, 1.807) is 0 Å². The number of carbonyl (C=O) groups is 1. The topological polar surface area (TPSA) is 53.6 Å². The van der Waals surface area contributed by atoms with Gasteiger partial charge in [-0.25, -0.2) is 0 Å². The molecule has 5 heteroatoms. The number of carbonyl (C=O) groups excluding carboxylic acids is 1. The van der Waals surface area contributed by atoms with Gasteiger partial charge in [0.15, 0.2) is 0 Å². The zero-order valence-corrected chi connectivity index (χ0v) is 13.3. The largest absolute Gasteiger partial charge is 0.381 e. The summed E-state index contributed by atoms with van der Waals surface area (Å²) in [6.45, 7) is 12.2. The smallest absolute Gasteiger partial charge is 0.239 e. The number of hydrogen-bond acceptors (Lipinski definition) is 4. The second-order valence-electron chi connectivity index (χ2n) is 5.87. The zero-order chi connectivity index (χ0) is 14.8. The molecule has 1 heterocycles. The average Bonchev–Trinajstić information content (AvgIpc) is 2.47. The van der Waals surface area contributed by atoms with E-state index in [0.717, 1.165) is 58.7 Å². The van der Waals surface area contributed by atoms with Gasteiger partial charge >= 0.3 is 0 Å². The number of nitrogens with one attached hydrogen (secondary N) is 2. The van der Waals surface area contributed by atoms with Crippen LogP contribution in [0.15, 0.2) is 0 Å². The molecule has 1 aliphatic heterocycles. The van der Waals surface area contributed by atoms with E-state index < -0.39 is 5.54 Å². The number of rotatable bonds is 9. The summed E-state index contributed by atoms with van der Waals surface area (Å²) in [4.78, 5) is 14.5. The minimum atomic E-state index is -0.425. The molecule has 1 saturated heterocycles. The van der Waals surface area contributed by atoms with Crippen molar-refractivity contribution in [2.45, 2.75) is 45.6 Å². The van der Waals surface area contributed by atoms with Crippen molar-refractivity contribution in [3.8, 4) is 0 Å². The molecule has 0 bridgehead atoms. The SMILES string of the molecule is CCCCOCCCNC(=O)C(C)(C)N1CCNCC1. The first kappa shape index (κ1) is 17.4. The van der Waals surface area contributed by atoms with Gasteiger partial charge in [-0.3, -0.25) is 9.69 Å². The molecular weight excluding hydrogens is 254 g/mol. The Morgan fingerprint density at radius 3 is 2.55 bits per heavy atom. The van der Waals surface area contributed by atoms with Crippen LogP contribution in [0, 0.1) is 0 Å². The summed E-state index contributed by atoms with van der Waals surface area (Å²) >= 11 is 0. The van der Waals surface area contributed by atoms with Crippen LogP contribution in [0.25, 0.3) is 0 Å². The van der Waals surface area contributed by atoms with Crippen LogP contribution in [-0.4, -0.2) is 62.3 Å². The van der Waals surface area contributed by atoms with Gasteiger partial charge in [-0.2, -0.15) is 0 Å². The summed E-state index contributed by atoms with van der Waals surface area (Å²) in [7, 11) is 0. The standard InChI is InChI=1S/C15H31N3O2/c1-4-5-12-20-13-6-7-17-14(19)15(2,3)18-10-8-16-9-11-18/h16H,4-13H2,1-3H3,(H,17,19). The number of amides is 1. The summed E-state index contributed by atoms with van der Waals surface area (Å²) in [5.41, 5.74) is -0.425. The van der Waals surface area contributed by atoms with E-state index in [1.165, 1.54) is 0 Å². The third kappa shape index (κ3) is 5.77. The van der Waals surface area contributed by atoms with Crippen LogP contribution >= 0.6 is 0 Å². The minimum absolute atomic E-state index is 0.118. The molecule has 0 atom stereocenters. The molecule has 0 radical (unpaired) electrons. The Labute approximate surface area is 123 Å². The third-order valence-corrected chi connectivity index (χ3v) is 3.86. The Hall–Kier alpha value is -0.650. The first-order valence-corrected chi connectivity index (χ1v) is 7.91. The number of unbranched alkanes of at least 4 members (excludes halogenated alkanes) is 1. The maximum absolute atomic E-state index is 12.3. The van der Waals surface area contributed by atoms with Crippen LogP contribution < -0.4 is 10.6 Å². The number of ether oxygens (including phenoxy) is 1. The lowest BCUT2D eigenvalue weighted by atomic mass is 10.0. The maximum Gasteiger partial charge on any atom is 0.239 e. The summed E-state index contributed by atoms with van der Waals surface area (Å²) in [5.74, 6) is 0.118. The summed E-state index contributed by atoms with van der Waals surface area (Å²) in [6, 6.07) is 0. The van der Waals surface area contributed by atoms with Crippen molar-refractivity contribution in [2.75, 3.05) is 45.9 Å². The molecule has 0 spiro atoms. The van der Waals surface area contributed by atoms with Gasteiger partial charge in [0.25, 0.3) is 0 Å². The number of piperazine rings is 1. The molecule has 1 aliphatic rings. The van der Waals surface area contributed by atoms with E-state index in [0.29, 0.717) is 6.54 Å². The summed E-state index contributed by atoms with van der Waals surface area (Å²) < 4.78 is 5.49. The normalized spacial score (nSPS) is 17.1. The molecule has 0 aliphatic carbocycles. The molecule has 0 saturated carbocycles. The van der Waals surface area contributed by atoms with E-state index in [4.69, 9.17) is 4.74 Å². The molecule has 2 N–H and O–H groups in total. The van der Waals surface area contributed by atoms with E-state index in [9.17, 15) is 4.79 Å². The molecule has 0 aromatic carbocycles. The van der Waals surface area contributed by atoms with Gasteiger partial charge in [0, 0.05) is 45.9 Å². The molecule has 0 aromatic heterocycles. The first-order valence-electron chi connectivity index (χ1n) is 7.91. The second-order valence-corrected chi connectivity index (χ2v) is 5.87. The van der Waals surface area contributed by atoms with Crippen molar-refractivity contribution in [2.24, 2.45) is 0 Å². The van der Waals surface area contributed by atoms with Crippen molar-refractivity contribution in [3.05, 3.63) is 0 Å². The van der Waals surface area contributed by atoms with Gasteiger partial charge in [-0.15, -0.1) is 0 Å². The van der Waals surface area contributed by atoms with Gasteiger partial charge in [-0.1, -0.05) is 13.3 Å². The van der Waals surface area contributed by atoms with Gasteiger partial charge in [0.05, 0.1) is 5.54 Å². The lowest BCUT2D eigenvalue weighted by Gasteiger charge is -2.39. The van der Waals surface area contributed by atoms with Crippen molar-refractivity contribution < 1.29 is 9.53 Å². The molecule has 1 amide bonds. The molecule has 0 unspecified atom stereocenters. The highest BCUT2D eigenvalue weighted by Crippen LogP contribution is 2.15. The first-order chi connectivity index (χ1) is 9.59. The van der Waals surface area contributed by atoms with Crippen LogP contribution in [-0.2, 0) is 9.53 Å². The Morgan fingerprint density at radius 1 is 1.25 bits per heavy atom. The maximum atomic E-state index is 12.3. The summed E-state index contributed by atoms with van der Waals surface area (Å²) in [6.07, 6.45) is 3.16. The molecule has 118 valence electrons. The van der Waals surface area contributed by atoms with Crippen molar-refractivity contribution in [3.63, 3.8) is 0 Å². The summed E-state index contributed by atoms with van der Waals surface area (Å²) in [5, 5.41) is 6.34. The zero-order valence-electron chi connectivity index (χ0n) is 13.3. The average molecular weight is 285 g/mol. The van der Waals surface area contributed by atoms with E-state index in [2.05, 4.69) is 22.5 Å². The van der Waals surface area contributed by atoms with Crippen molar-refractivity contribution in [1.29, 1.82) is 0 Å². The quantitative estimate of drug-likeness (QED) is 0.621. The van der Waals surface area contributed by atoms with Gasteiger partial charge in [-0.05, 0) is 26.7 Å². The van der Waals surface area contributed by atoms with E-state index in [-0.39, 0.29) is 5.91 Å². The fourth-order valence-electron chi connectivity index (χ4n) is 2.31. The lowest BCUT2D eigenvalue weighted by Crippen LogP contribution is -2.60. The molecule has 20 heavy (non-hydrogen) atoms. The van der Waals surface area contributed by atoms with Crippen LogP contribution in [0.1, 0.15) is 40.0 Å². The Bertz CT molecular complexity index is 276. The molecule has 1 rings (SSSR count). The van der Waals surface area contributed by atoms with Gasteiger partial charge < -0.3 is 15.4 Å². The molecule has 5 nitrogen and oxygen atoms in total. The predicted octanol–water partition coefficient (Wildman–Crippen LogP) is 0.993. The molecule has 1 fully saturated rings. The fraction of sp³-hybridized carbons (Fsp3) is 0.933. The predicted molar refractivity (Wildman–Crippen MR) is 81.9 cm³/mol. The Balaban J connectivity index is 2.17. The molecule has 0 aromatic rings. The number of hydrogen-bond donors (Lipinski definition) is 2.